The summed E-state index contributed by atoms with van der Waals surface area (Å²) in [7, 11) is 0. The molecule has 1 fully saturated rings. The van der Waals surface area contributed by atoms with E-state index in [9.17, 15) is 4.79 Å². The highest BCUT2D eigenvalue weighted by atomic mass is 16.1. The molecule has 3 nitrogen and oxygen atoms in total. The SMILES string of the molecule is O=C1CCCN(c2cccnc2)C1. The maximum Gasteiger partial charge on any atom is 0.152 e. The standard InChI is InChI=1S/C10H12N2O/c13-10-4-2-6-12(8-10)9-3-1-5-11-7-9/h1,3,5,7H,2,4,6,8H2. The van der Waals surface area contributed by atoms with Gasteiger partial charge in [-0.1, -0.05) is 0 Å². The zero-order chi connectivity index (χ0) is 9.10. The number of piperidine rings is 1. The van der Waals surface area contributed by atoms with Crippen LogP contribution in [0.4, 0.5) is 5.69 Å². The molecule has 0 saturated carbocycles. The summed E-state index contributed by atoms with van der Waals surface area (Å²) in [5.74, 6) is 0.329. The number of hydrogen-bond acceptors (Lipinski definition) is 3. The van der Waals surface area contributed by atoms with Crippen molar-refractivity contribution in [2.75, 3.05) is 18.0 Å². The second kappa shape index (κ2) is 3.56. The molecular formula is C10H12N2O. The molecule has 0 atom stereocenters. The molecule has 13 heavy (non-hydrogen) atoms. The minimum atomic E-state index is 0.329. The quantitative estimate of drug-likeness (QED) is 0.645. The average Bonchev–Trinajstić information content (AvgIpc) is 2.19. The smallest absolute Gasteiger partial charge is 0.152 e. The van der Waals surface area contributed by atoms with E-state index < -0.39 is 0 Å². The minimum absolute atomic E-state index is 0.329. The Morgan fingerprint density at radius 3 is 3.08 bits per heavy atom. The molecular weight excluding hydrogens is 164 g/mol. The zero-order valence-electron chi connectivity index (χ0n) is 7.44. The molecule has 1 aliphatic rings. The van der Waals surface area contributed by atoms with Crippen molar-refractivity contribution in [2.45, 2.75) is 12.8 Å². The summed E-state index contributed by atoms with van der Waals surface area (Å²) in [4.78, 5) is 17.3. The van der Waals surface area contributed by atoms with Gasteiger partial charge in [0, 0.05) is 19.2 Å². The first kappa shape index (κ1) is 8.23. The fourth-order valence-corrected chi connectivity index (χ4v) is 1.60. The monoisotopic (exact) mass is 176 g/mol. The molecule has 0 unspecified atom stereocenters. The van der Waals surface area contributed by atoms with Gasteiger partial charge in [0.05, 0.1) is 18.4 Å². The first-order valence-electron chi connectivity index (χ1n) is 4.53. The van der Waals surface area contributed by atoms with Crippen LogP contribution in [-0.4, -0.2) is 23.9 Å². The van der Waals surface area contributed by atoms with Crippen molar-refractivity contribution in [1.29, 1.82) is 0 Å². The summed E-state index contributed by atoms with van der Waals surface area (Å²) in [5, 5.41) is 0. The molecule has 0 radical (unpaired) electrons. The lowest BCUT2D eigenvalue weighted by Gasteiger charge is -2.27. The highest BCUT2D eigenvalue weighted by Crippen LogP contribution is 2.16. The lowest BCUT2D eigenvalue weighted by atomic mass is 10.1. The van der Waals surface area contributed by atoms with Crippen LogP contribution in [0.5, 0.6) is 0 Å². The molecule has 2 heterocycles. The summed E-state index contributed by atoms with van der Waals surface area (Å²) in [6, 6.07) is 3.89. The van der Waals surface area contributed by atoms with Gasteiger partial charge in [0.25, 0.3) is 0 Å². The third-order valence-corrected chi connectivity index (χ3v) is 2.26. The Morgan fingerprint density at radius 2 is 2.38 bits per heavy atom. The minimum Gasteiger partial charge on any atom is -0.363 e. The number of hydrogen-bond donors (Lipinski definition) is 0. The number of Topliss-reactive ketones (excluding diaryl/α,β-unsaturated/α-hetero) is 1. The van der Waals surface area contributed by atoms with E-state index in [0.717, 1.165) is 25.1 Å². The Hall–Kier alpha value is -1.38. The molecule has 1 aromatic heterocycles. The topological polar surface area (TPSA) is 33.2 Å². The largest absolute Gasteiger partial charge is 0.363 e. The van der Waals surface area contributed by atoms with Gasteiger partial charge < -0.3 is 4.90 Å². The van der Waals surface area contributed by atoms with Crippen molar-refractivity contribution in [3.8, 4) is 0 Å². The summed E-state index contributed by atoms with van der Waals surface area (Å²) >= 11 is 0. The van der Waals surface area contributed by atoms with Gasteiger partial charge in [-0.05, 0) is 18.6 Å². The molecule has 0 spiro atoms. The third kappa shape index (κ3) is 1.86. The van der Waals surface area contributed by atoms with Gasteiger partial charge in [-0.15, -0.1) is 0 Å². The van der Waals surface area contributed by atoms with Gasteiger partial charge in [-0.2, -0.15) is 0 Å². The highest BCUT2D eigenvalue weighted by molar-refractivity contribution is 5.84. The molecule has 0 amide bonds. The Bertz CT molecular complexity index is 297. The number of ketones is 1. The fraction of sp³-hybridized carbons (Fsp3) is 0.400. The summed E-state index contributed by atoms with van der Waals surface area (Å²) in [6.45, 7) is 1.52. The average molecular weight is 176 g/mol. The van der Waals surface area contributed by atoms with Gasteiger partial charge in [0.2, 0.25) is 0 Å². The lowest BCUT2D eigenvalue weighted by Crippen LogP contribution is -2.35. The summed E-state index contributed by atoms with van der Waals surface area (Å²) < 4.78 is 0. The van der Waals surface area contributed by atoms with Gasteiger partial charge in [0.1, 0.15) is 0 Å². The van der Waals surface area contributed by atoms with Crippen LogP contribution in [0, 0.1) is 0 Å². The number of carbonyl (C=O) groups is 1. The summed E-state index contributed by atoms with van der Waals surface area (Å²) in [5.41, 5.74) is 1.05. The third-order valence-electron chi connectivity index (χ3n) is 2.26. The van der Waals surface area contributed by atoms with Crippen LogP contribution in [0.3, 0.4) is 0 Å². The molecule has 1 saturated heterocycles. The van der Waals surface area contributed by atoms with E-state index in [1.54, 1.807) is 12.4 Å². The number of anilines is 1. The van der Waals surface area contributed by atoms with Crippen LogP contribution in [0.25, 0.3) is 0 Å². The Kier molecular flexibility index (Phi) is 2.25. The number of rotatable bonds is 1. The van der Waals surface area contributed by atoms with Crippen LogP contribution < -0.4 is 4.90 Å². The Morgan fingerprint density at radius 1 is 1.46 bits per heavy atom. The molecule has 3 heteroatoms. The maximum absolute atomic E-state index is 11.2. The second-order valence-corrected chi connectivity index (χ2v) is 3.28. The van der Waals surface area contributed by atoms with Gasteiger partial charge in [0.15, 0.2) is 5.78 Å². The Labute approximate surface area is 77.4 Å². The van der Waals surface area contributed by atoms with Gasteiger partial charge in [-0.3, -0.25) is 9.78 Å². The van der Waals surface area contributed by atoms with E-state index >= 15 is 0 Å². The van der Waals surface area contributed by atoms with Crippen molar-refractivity contribution in [3.63, 3.8) is 0 Å². The predicted octanol–water partition coefficient (Wildman–Crippen LogP) is 1.25. The molecule has 68 valence electrons. The first-order chi connectivity index (χ1) is 6.36. The van der Waals surface area contributed by atoms with E-state index in [4.69, 9.17) is 0 Å². The highest BCUT2D eigenvalue weighted by Gasteiger charge is 2.16. The number of aromatic nitrogens is 1. The summed E-state index contributed by atoms with van der Waals surface area (Å²) in [6.07, 6.45) is 5.25. The predicted molar refractivity (Wildman–Crippen MR) is 50.7 cm³/mol. The fourth-order valence-electron chi connectivity index (χ4n) is 1.60. The van der Waals surface area contributed by atoms with Crippen LogP contribution in [-0.2, 0) is 4.79 Å². The van der Waals surface area contributed by atoms with E-state index in [0.29, 0.717) is 12.3 Å². The van der Waals surface area contributed by atoms with Crippen LogP contribution in [0.15, 0.2) is 24.5 Å². The molecule has 1 aliphatic heterocycles. The van der Waals surface area contributed by atoms with E-state index in [2.05, 4.69) is 9.88 Å². The van der Waals surface area contributed by atoms with Gasteiger partial charge in [-0.25, -0.2) is 0 Å². The normalized spacial score (nSPS) is 17.5. The van der Waals surface area contributed by atoms with Crippen LogP contribution >= 0.6 is 0 Å². The van der Waals surface area contributed by atoms with Gasteiger partial charge >= 0.3 is 0 Å². The van der Waals surface area contributed by atoms with Crippen molar-refractivity contribution < 1.29 is 4.79 Å². The number of nitrogens with zero attached hydrogens (tertiary/aromatic N) is 2. The molecule has 0 N–H and O–H groups in total. The number of pyridine rings is 1. The molecule has 0 aliphatic carbocycles. The Balaban J connectivity index is 2.13. The van der Waals surface area contributed by atoms with E-state index in [1.165, 1.54) is 0 Å². The number of carbonyl (C=O) groups excluding carboxylic acids is 1. The lowest BCUT2D eigenvalue weighted by molar-refractivity contribution is -0.118. The molecule has 2 rings (SSSR count). The molecule has 1 aromatic rings. The van der Waals surface area contributed by atoms with E-state index in [-0.39, 0.29) is 0 Å². The van der Waals surface area contributed by atoms with E-state index in [1.807, 2.05) is 12.1 Å². The van der Waals surface area contributed by atoms with Crippen molar-refractivity contribution >= 4 is 11.5 Å². The maximum atomic E-state index is 11.2. The van der Waals surface area contributed by atoms with Crippen molar-refractivity contribution in [3.05, 3.63) is 24.5 Å². The zero-order valence-corrected chi connectivity index (χ0v) is 7.44. The van der Waals surface area contributed by atoms with Crippen LogP contribution in [0.2, 0.25) is 0 Å². The molecule has 0 aromatic carbocycles. The van der Waals surface area contributed by atoms with Crippen LogP contribution in [0.1, 0.15) is 12.8 Å². The van der Waals surface area contributed by atoms with Crippen molar-refractivity contribution in [1.82, 2.24) is 4.98 Å². The molecule has 0 bridgehead atoms. The second-order valence-electron chi connectivity index (χ2n) is 3.28. The first-order valence-corrected chi connectivity index (χ1v) is 4.53. The van der Waals surface area contributed by atoms with Crippen molar-refractivity contribution in [2.24, 2.45) is 0 Å².